The van der Waals surface area contributed by atoms with Crippen molar-refractivity contribution in [2.45, 2.75) is 32.1 Å². The predicted molar refractivity (Wildman–Crippen MR) is 107 cm³/mol. The van der Waals surface area contributed by atoms with Crippen LogP contribution in [0, 0.1) is 11.3 Å². The third-order valence-electron chi connectivity index (χ3n) is 4.52. The minimum Gasteiger partial charge on any atom is -0.466 e. The van der Waals surface area contributed by atoms with Crippen LogP contribution in [0.25, 0.3) is 0 Å². The van der Waals surface area contributed by atoms with Gasteiger partial charge < -0.3 is 9.64 Å². The van der Waals surface area contributed by atoms with Gasteiger partial charge in [0.15, 0.2) is 0 Å². The first-order valence-electron chi connectivity index (χ1n) is 9.56. The molecule has 5 heteroatoms. The van der Waals surface area contributed by atoms with Crippen molar-refractivity contribution in [1.82, 2.24) is 4.90 Å². The fourth-order valence-corrected chi connectivity index (χ4v) is 3.11. The van der Waals surface area contributed by atoms with Gasteiger partial charge in [-0.1, -0.05) is 60.7 Å². The summed E-state index contributed by atoms with van der Waals surface area (Å²) in [7, 11) is 0. The second kappa shape index (κ2) is 11.6. The molecule has 0 heterocycles. The first kappa shape index (κ1) is 21.2. The van der Waals surface area contributed by atoms with Gasteiger partial charge >= 0.3 is 5.97 Å². The summed E-state index contributed by atoms with van der Waals surface area (Å²) in [5.41, 5.74) is 2.13. The summed E-state index contributed by atoms with van der Waals surface area (Å²) in [6, 6.07) is 21.9. The first-order valence-corrected chi connectivity index (χ1v) is 9.56. The molecule has 0 saturated carbocycles. The standard InChI is InChI=1S/C23H26N2O3/c1-2-28-23(27)14-17-25(16-9-15-24)22(26)18-21(19-10-5-3-6-11-19)20-12-7-4-8-13-20/h3-8,10-13,21H,2,9,14,16-18H2,1H3. The molecule has 0 aromatic heterocycles. The molecule has 0 N–H and O–H groups in total. The van der Waals surface area contributed by atoms with E-state index in [2.05, 4.69) is 6.07 Å². The van der Waals surface area contributed by atoms with Crippen molar-refractivity contribution < 1.29 is 14.3 Å². The molecular weight excluding hydrogens is 352 g/mol. The molecule has 0 spiro atoms. The molecule has 1 amide bonds. The van der Waals surface area contributed by atoms with Crippen molar-refractivity contribution in [3.05, 3.63) is 71.8 Å². The quantitative estimate of drug-likeness (QED) is 0.588. The topological polar surface area (TPSA) is 70.4 Å². The van der Waals surface area contributed by atoms with Crippen LogP contribution >= 0.6 is 0 Å². The summed E-state index contributed by atoms with van der Waals surface area (Å²) < 4.78 is 4.95. The van der Waals surface area contributed by atoms with Crippen LogP contribution in [-0.4, -0.2) is 36.5 Å². The Balaban J connectivity index is 2.16. The Morgan fingerprint density at radius 3 is 2.07 bits per heavy atom. The van der Waals surface area contributed by atoms with Crippen LogP contribution in [0.1, 0.15) is 43.2 Å². The lowest BCUT2D eigenvalue weighted by Crippen LogP contribution is -2.35. The molecule has 0 aliphatic carbocycles. The maximum Gasteiger partial charge on any atom is 0.307 e. The van der Waals surface area contributed by atoms with E-state index in [0.717, 1.165) is 11.1 Å². The Kier molecular flexibility index (Phi) is 8.74. The van der Waals surface area contributed by atoms with Crippen molar-refractivity contribution in [3.8, 4) is 6.07 Å². The second-order valence-electron chi connectivity index (χ2n) is 6.42. The average Bonchev–Trinajstić information content (AvgIpc) is 2.73. The highest BCUT2D eigenvalue weighted by molar-refractivity contribution is 5.78. The lowest BCUT2D eigenvalue weighted by molar-refractivity contribution is -0.144. The number of ether oxygens (including phenoxy) is 1. The fraction of sp³-hybridized carbons (Fsp3) is 0.348. The maximum atomic E-state index is 13.0. The zero-order valence-corrected chi connectivity index (χ0v) is 16.2. The Morgan fingerprint density at radius 2 is 1.57 bits per heavy atom. The largest absolute Gasteiger partial charge is 0.466 e. The van der Waals surface area contributed by atoms with E-state index in [0.29, 0.717) is 13.2 Å². The average molecular weight is 378 g/mol. The van der Waals surface area contributed by atoms with Crippen LogP contribution in [0.5, 0.6) is 0 Å². The van der Waals surface area contributed by atoms with Gasteiger partial charge in [0.05, 0.1) is 25.5 Å². The summed E-state index contributed by atoms with van der Waals surface area (Å²) in [5, 5.41) is 8.92. The minimum absolute atomic E-state index is 0.0720. The predicted octanol–water partition coefficient (Wildman–Crippen LogP) is 3.90. The molecule has 5 nitrogen and oxygen atoms in total. The molecule has 2 rings (SSSR count). The smallest absolute Gasteiger partial charge is 0.307 e. The molecule has 0 fully saturated rings. The lowest BCUT2D eigenvalue weighted by Gasteiger charge is -2.25. The molecule has 0 radical (unpaired) electrons. The number of carbonyl (C=O) groups is 2. The van der Waals surface area contributed by atoms with Crippen LogP contribution in [0.2, 0.25) is 0 Å². The number of nitrogens with zero attached hydrogens (tertiary/aromatic N) is 2. The van der Waals surface area contributed by atoms with Gasteiger partial charge in [0.1, 0.15) is 0 Å². The van der Waals surface area contributed by atoms with Gasteiger partial charge in [-0.3, -0.25) is 9.59 Å². The molecule has 146 valence electrons. The van der Waals surface area contributed by atoms with E-state index in [1.165, 1.54) is 0 Å². The van der Waals surface area contributed by atoms with E-state index >= 15 is 0 Å². The number of esters is 1. The van der Waals surface area contributed by atoms with Crippen molar-refractivity contribution in [2.75, 3.05) is 19.7 Å². The molecule has 0 atom stereocenters. The van der Waals surface area contributed by atoms with Crippen LogP contribution in [0.15, 0.2) is 60.7 Å². The molecule has 2 aromatic rings. The molecule has 0 aliphatic heterocycles. The van der Waals surface area contributed by atoms with Crippen molar-refractivity contribution in [2.24, 2.45) is 0 Å². The number of hydrogen-bond acceptors (Lipinski definition) is 4. The lowest BCUT2D eigenvalue weighted by atomic mass is 9.88. The number of hydrogen-bond donors (Lipinski definition) is 0. The Bertz CT molecular complexity index is 745. The van der Waals surface area contributed by atoms with Gasteiger partial charge in [0.25, 0.3) is 0 Å². The van der Waals surface area contributed by atoms with Gasteiger partial charge in [0.2, 0.25) is 5.91 Å². The summed E-state index contributed by atoms with van der Waals surface area (Å²) in [5.74, 6) is -0.487. The van der Waals surface area contributed by atoms with Crippen molar-refractivity contribution >= 4 is 11.9 Å². The maximum absolute atomic E-state index is 13.0. The minimum atomic E-state index is -0.333. The van der Waals surface area contributed by atoms with Gasteiger partial charge in [-0.2, -0.15) is 5.26 Å². The van der Waals surface area contributed by atoms with E-state index in [4.69, 9.17) is 10.00 Å². The van der Waals surface area contributed by atoms with E-state index in [1.807, 2.05) is 60.7 Å². The SMILES string of the molecule is CCOC(=O)CCN(CCC#N)C(=O)CC(c1ccccc1)c1ccccc1. The monoisotopic (exact) mass is 378 g/mol. The van der Waals surface area contributed by atoms with E-state index < -0.39 is 0 Å². The summed E-state index contributed by atoms with van der Waals surface area (Å²) in [4.78, 5) is 26.3. The van der Waals surface area contributed by atoms with Crippen LogP contribution < -0.4 is 0 Å². The van der Waals surface area contributed by atoms with Crippen LogP contribution in [0.4, 0.5) is 0 Å². The highest BCUT2D eigenvalue weighted by Gasteiger charge is 2.22. The summed E-state index contributed by atoms with van der Waals surface area (Å²) in [6.07, 6.45) is 0.643. The van der Waals surface area contributed by atoms with Crippen LogP contribution in [-0.2, 0) is 14.3 Å². The third kappa shape index (κ3) is 6.55. The van der Waals surface area contributed by atoms with Gasteiger partial charge in [-0.05, 0) is 18.1 Å². The molecule has 0 saturated heterocycles. The molecule has 0 bridgehead atoms. The Hall–Kier alpha value is -3.13. The van der Waals surface area contributed by atoms with Crippen LogP contribution in [0.3, 0.4) is 0 Å². The molecule has 28 heavy (non-hydrogen) atoms. The van der Waals surface area contributed by atoms with Crippen molar-refractivity contribution in [3.63, 3.8) is 0 Å². The number of benzene rings is 2. The number of nitriles is 1. The number of amides is 1. The molecular formula is C23H26N2O3. The Morgan fingerprint density at radius 1 is 1.00 bits per heavy atom. The molecule has 2 aromatic carbocycles. The van der Waals surface area contributed by atoms with Gasteiger partial charge in [0, 0.05) is 25.4 Å². The van der Waals surface area contributed by atoms with Gasteiger partial charge in [-0.15, -0.1) is 0 Å². The zero-order chi connectivity index (χ0) is 20.2. The first-order chi connectivity index (χ1) is 13.7. The van der Waals surface area contributed by atoms with Gasteiger partial charge in [-0.25, -0.2) is 0 Å². The van der Waals surface area contributed by atoms with Crippen molar-refractivity contribution in [1.29, 1.82) is 5.26 Å². The van der Waals surface area contributed by atoms with E-state index in [9.17, 15) is 9.59 Å². The second-order valence-corrected chi connectivity index (χ2v) is 6.42. The molecule has 0 aliphatic rings. The normalized spacial score (nSPS) is 10.3. The van der Waals surface area contributed by atoms with E-state index in [-0.39, 0.29) is 43.6 Å². The third-order valence-corrected chi connectivity index (χ3v) is 4.52. The number of rotatable bonds is 10. The zero-order valence-electron chi connectivity index (χ0n) is 16.2. The summed E-state index contributed by atoms with van der Waals surface area (Å²) >= 11 is 0. The number of carbonyl (C=O) groups excluding carboxylic acids is 2. The molecule has 0 unspecified atom stereocenters. The highest BCUT2D eigenvalue weighted by atomic mass is 16.5. The fourth-order valence-electron chi connectivity index (χ4n) is 3.11. The van der Waals surface area contributed by atoms with E-state index in [1.54, 1.807) is 11.8 Å². The Labute approximate surface area is 166 Å². The highest BCUT2D eigenvalue weighted by Crippen LogP contribution is 2.28. The summed E-state index contributed by atoms with van der Waals surface area (Å²) in [6.45, 7) is 2.64.